The molecule has 0 aromatic carbocycles. The average Bonchev–Trinajstić information content (AvgIpc) is 2.52. The van der Waals surface area contributed by atoms with E-state index in [9.17, 15) is 0 Å². The molecular formula is C10H13BrClN3. The lowest BCUT2D eigenvalue weighted by atomic mass is 10.2. The van der Waals surface area contributed by atoms with Gasteiger partial charge >= 0.3 is 0 Å². The molecule has 3 nitrogen and oxygen atoms in total. The topological polar surface area (TPSA) is 29.0 Å². The van der Waals surface area contributed by atoms with E-state index in [1.165, 1.54) is 0 Å². The van der Waals surface area contributed by atoms with Gasteiger partial charge in [0.1, 0.15) is 0 Å². The van der Waals surface area contributed by atoms with Gasteiger partial charge in [-0.25, -0.2) is 9.97 Å². The molecule has 0 saturated carbocycles. The van der Waals surface area contributed by atoms with Crippen LogP contribution in [0.1, 0.15) is 12.6 Å². The third-order valence-electron chi connectivity index (χ3n) is 2.71. The van der Waals surface area contributed by atoms with Crippen LogP contribution in [0.5, 0.6) is 0 Å². The second kappa shape index (κ2) is 4.26. The predicted molar refractivity (Wildman–Crippen MR) is 65.5 cm³/mol. The Morgan fingerprint density at radius 2 is 2.27 bits per heavy atom. The highest BCUT2D eigenvalue weighted by Gasteiger charge is 2.29. The minimum absolute atomic E-state index is 0.206. The summed E-state index contributed by atoms with van der Waals surface area (Å²) in [6.45, 7) is 5.90. The number of aryl methyl sites for hydroxylation is 1. The molecule has 1 aromatic rings. The highest BCUT2D eigenvalue weighted by molar-refractivity contribution is 9.10. The van der Waals surface area contributed by atoms with E-state index in [1.807, 2.05) is 6.92 Å². The largest absolute Gasteiger partial charge is 0.339 e. The lowest BCUT2D eigenvalue weighted by Gasteiger charge is -2.15. The fourth-order valence-corrected chi connectivity index (χ4v) is 2.12. The van der Waals surface area contributed by atoms with E-state index in [0.29, 0.717) is 5.92 Å². The number of aromatic nitrogens is 2. The first kappa shape index (κ1) is 11.1. The lowest BCUT2D eigenvalue weighted by molar-refractivity contribution is 0.665. The van der Waals surface area contributed by atoms with Crippen LogP contribution in [0.2, 0.25) is 0 Å². The quantitative estimate of drug-likeness (QED) is 0.745. The maximum absolute atomic E-state index is 6.17. The molecule has 1 aromatic heterocycles. The maximum atomic E-state index is 6.17. The Labute approximate surface area is 103 Å². The summed E-state index contributed by atoms with van der Waals surface area (Å²) in [4.78, 5) is 10.9. The molecule has 0 spiro atoms. The van der Waals surface area contributed by atoms with Crippen molar-refractivity contribution < 1.29 is 0 Å². The fourth-order valence-electron chi connectivity index (χ4n) is 1.68. The van der Waals surface area contributed by atoms with Crippen molar-refractivity contribution >= 4 is 33.5 Å². The number of alkyl halides is 1. The molecular weight excluding hydrogens is 277 g/mol. The standard InChI is InChI=1S/C10H13BrClN3/c1-6-4-15(5-9(6)12)10-13-3-8(11)7(2)14-10/h3,6,9H,4-5H2,1-2H3. The van der Waals surface area contributed by atoms with Gasteiger partial charge in [0.15, 0.2) is 0 Å². The minimum Gasteiger partial charge on any atom is -0.339 e. The zero-order chi connectivity index (χ0) is 11.0. The Hall–Kier alpha value is -0.350. The molecule has 2 atom stereocenters. The van der Waals surface area contributed by atoms with Crippen LogP contribution < -0.4 is 4.90 Å². The average molecular weight is 291 g/mol. The molecule has 1 aliphatic heterocycles. The van der Waals surface area contributed by atoms with Crippen molar-refractivity contribution in [1.82, 2.24) is 9.97 Å². The Balaban J connectivity index is 2.20. The van der Waals surface area contributed by atoms with Gasteiger partial charge in [-0.15, -0.1) is 11.6 Å². The molecule has 2 unspecified atom stereocenters. The van der Waals surface area contributed by atoms with Gasteiger partial charge in [-0.05, 0) is 28.8 Å². The second-order valence-electron chi connectivity index (χ2n) is 4.00. The normalized spacial score (nSPS) is 26.0. The Morgan fingerprint density at radius 1 is 1.53 bits per heavy atom. The predicted octanol–water partition coefficient (Wildman–Crippen LogP) is 2.61. The molecule has 2 heterocycles. The summed E-state index contributed by atoms with van der Waals surface area (Å²) in [5.74, 6) is 1.28. The summed E-state index contributed by atoms with van der Waals surface area (Å²) in [7, 11) is 0. The Kier molecular flexibility index (Phi) is 3.16. The molecule has 0 aliphatic carbocycles. The van der Waals surface area contributed by atoms with Crippen LogP contribution in [0.3, 0.4) is 0 Å². The molecule has 15 heavy (non-hydrogen) atoms. The SMILES string of the molecule is Cc1nc(N2CC(C)C(Cl)C2)ncc1Br. The molecule has 0 radical (unpaired) electrons. The number of anilines is 1. The van der Waals surface area contributed by atoms with Crippen molar-refractivity contribution in [2.45, 2.75) is 19.2 Å². The third kappa shape index (κ3) is 2.26. The van der Waals surface area contributed by atoms with Crippen molar-refractivity contribution in [3.05, 3.63) is 16.4 Å². The van der Waals surface area contributed by atoms with Crippen LogP contribution in [0.4, 0.5) is 5.95 Å². The summed E-state index contributed by atoms with van der Waals surface area (Å²) in [6, 6.07) is 0. The van der Waals surface area contributed by atoms with Gasteiger partial charge in [0.25, 0.3) is 0 Å². The van der Waals surface area contributed by atoms with E-state index in [4.69, 9.17) is 11.6 Å². The maximum Gasteiger partial charge on any atom is 0.225 e. The van der Waals surface area contributed by atoms with Gasteiger partial charge in [-0.3, -0.25) is 0 Å². The van der Waals surface area contributed by atoms with Crippen LogP contribution in [-0.4, -0.2) is 28.4 Å². The highest BCUT2D eigenvalue weighted by Crippen LogP contribution is 2.25. The van der Waals surface area contributed by atoms with E-state index in [1.54, 1.807) is 6.20 Å². The first-order chi connectivity index (χ1) is 7.08. The molecule has 1 fully saturated rings. The van der Waals surface area contributed by atoms with Gasteiger partial charge in [-0.1, -0.05) is 6.92 Å². The van der Waals surface area contributed by atoms with E-state index in [-0.39, 0.29) is 5.38 Å². The summed E-state index contributed by atoms with van der Waals surface area (Å²) in [5.41, 5.74) is 0.964. The van der Waals surface area contributed by atoms with E-state index in [2.05, 4.69) is 37.7 Å². The zero-order valence-corrected chi connectivity index (χ0v) is 11.1. The summed E-state index contributed by atoms with van der Waals surface area (Å²) < 4.78 is 0.945. The molecule has 5 heteroatoms. The van der Waals surface area contributed by atoms with Crippen molar-refractivity contribution in [2.75, 3.05) is 18.0 Å². The molecule has 2 rings (SSSR count). The Morgan fingerprint density at radius 3 is 2.80 bits per heavy atom. The van der Waals surface area contributed by atoms with Gasteiger partial charge < -0.3 is 4.90 Å². The first-order valence-corrected chi connectivity index (χ1v) is 6.19. The number of halogens is 2. The highest BCUT2D eigenvalue weighted by atomic mass is 79.9. The van der Waals surface area contributed by atoms with Gasteiger partial charge in [0.2, 0.25) is 5.95 Å². The minimum atomic E-state index is 0.206. The zero-order valence-electron chi connectivity index (χ0n) is 8.74. The Bertz CT molecular complexity index is 362. The number of nitrogens with zero attached hydrogens (tertiary/aromatic N) is 3. The van der Waals surface area contributed by atoms with Gasteiger partial charge in [0, 0.05) is 19.3 Å². The molecule has 0 bridgehead atoms. The smallest absolute Gasteiger partial charge is 0.225 e. The number of rotatable bonds is 1. The van der Waals surface area contributed by atoms with E-state index < -0.39 is 0 Å². The van der Waals surface area contributed by atoms with E-state index >= 15 is 0 Å². The summed E-state index contributed by atoms with van der Waals surface area (Å²) in [6.07, 6.45) is 1.80. The van der Waals surface area contributed by atoms with Crippen LogP contribution in [0, 0.1) is 12.8 Å². The van der Waals surface area contributed by atoms with Crippen LogP contribution >= 0.6 is 27.5 Å². The van der Waals surface area contributed by atoms with Crippen LogP contribution in [0.25, 0.3) is 0 Å². The van der Waals surface area contributed by atoms with Crippen molar-refractivity contribution in [1.29, 1.82) is 0 Å². The molecule has 0 N–H and O–H groups in total. The molecule has 0 amide bonds. The van der Waals surface area contributed by atoms with Crippen LogP contribution in [0.15, 0.2) is 10.7 Å². The van der Waals surface area contributed by atoms with E-state index in [0.717, 1.165) is 29.2 Å². The number of hydrogen-bond donors (Lipinski definition) is 0. The molecule has 82 valence electrons. The third-order valence-corrected chi connectivity index (χ3v) is 4.06. The van der Waals surface area contributed by atoms with Gasteiger partial charge in [-0.2, -0.15) is 0 Å². The first-order valence-electron chi connectivity index (χ1n) is 4.96. The monoisotopic (exact) mass is 289 g/mol. The molecule has 1 aliphatic rings. The fraction of sp³-hybridized carbons (Fsp3) is 0.600. The summed E-state index contributed by atoms with van der Waals surface area (Å²) >= 11 is 9.56. The lowest BCUT2D eigenvalue weighted by Crippen LogP contribution is -2.22. The summed E-state index contributed by atoms with van der Waals surface area (Å²) in [5, 5.41) is 0.206. The molecule has 1 saturated heterocycles. The van der Waals surface area contributed by atoms with Crippen molar-refractivity contribution in [3.8, 4) is 0 Å². The number of hydrogen-bond acceptors (Lipinski definition) is 3. The second-order valence-corrected chi connectivity index (χ2v) is 5.42. The van der Waals surface area contributed by atoms with Crippen molar-refractivity contribution in [3.63, 3.8) is 0 Å². The van der Waals surface area contributed by atoms with Gasteiger partial charge in [0.05, 0.1) is 15.5 Å². The van der Waals surface area contributed by atoms with Crippen LogP contribution in [-0.2, 0) is 0 Å². The van der Waals surface area contributed by atoms with Crippen molar-refractivity contribution in [2.24, 2.45) is 5.92 Å².